The molecule has 0 amide bonds. The van der Waals surface area contributed by atoms with E-state index in [1.807, 2.05) is 37.3 Å². The summed E-state index contributed by atoms with van der Waals surface area (Å²) in [5.74, 6) is 0.664. The Kier molecular flexibility index (Phi) is 5.34. The first-order chi connectivity index (χ1) is 13.7. The molecule has 0 aromatic heterocycles. The summed E-state index contributed by atoms with van der Waals surface area (Å²) in [6.07, 6.45) is 0.653. The van der Waals surface area contributed by atoms with Gasteiger partial charge >= 0.3 is 0 Å². The summed E-state index contributed by atoms with van der Waals surface area (Å²) >= 11 is 12.9. The smallest absolute Gasteiger partial charge is 0.294 e. The molecule has 1 N–H and O–H groups in total. The van der Waals surface area contributed by atoms with E-state index in [4.69, 9.17) is 27.9 Å². The van der Waals surface area contributed by atoms with E-state index in [-0.39, 0.29) is 11.0 Å². The lowest BCUT2D eigenvalue weighted by Crippen LogP contribution is -2.18. The van der Waals surface area contributed by atoms with Gasteiger partial charge in [-0.05, 0) is 36.2 Å². The van der Waals surface area contributed by atoms with Gasteiger partial charge in [0.15, 0.2) is 0 Å². The molecule has 150 valence electrons. The third-order valence-corrected chi connectivity index (χ3v) is 6.60. The first-order valence-electron chi connectivity index (χ1n) is 9.04. The van der Waals surface area contributed by atoms with Crippen molar-refractivity contribution in [3.63, 3.8) is 0 Å². The Balaban J connectivity index is 1.71. The number of hydrogen-bond acceptors (Lipinski definition) is 3. The minimum Gasteiger partial charge on any atom is -0.489 e. The van der Waals surface area contributed by atoms with Crippen molar-refractivity contribution in [3.8, 4) is 16.9 Å². The highest BCUT2D eigenvalue weighted by Crippen LogP contribution is 2.45. The maximum absolute atomic E-state index is 11.8. The van der Waals surface area contributed by atoms with Gasteiger partial charge in [0.2, 0.25) is 0 Å². The van der Waals surface area contributed by atoms with Crippen molar-refractivity contribution in [2.75, 3.05) is 0 Å². The second kappa shape index (κ2) is 7.65. The highest BCUT2D eigenvalue weighted by molar-refractivity contribution is 7.85. The van der Waals surface area contributed by atoms with Gasteiger partial charge in [0.1, 0.15) is 11.9 Å². The van der Waals surface area contributed by atoms with Gasteiger partial charge in [-0.15, -0.1) is 0 Å². The topological polar surface area (TPSA) is 63.6 Å². The maximum atomic E-state index is 11.8. The molecule has 0 fully saturated rings. The van der Waals surface area contributed by atoms with E-state index in [9.17, 15) is 13.0 Å². The third kappa shape index (κ3) is 4.01. The molecular formula is C22H18Cl2O4S. The molecule has 7 heteroatoms. The van der Waals surface area contributed by atoms with Gasteiger partial charge in [0.05, 0.1) is 9.92 Å². The summed E-state index contributed by atoms with van der Waals surface area (Å²) in [6, 6.07) is 16.0. The second-order valence-electron chi connectivity index (χ2n) is 7.12. The molecule has 1 aliphatic heterocycles. The van der Waals surface area contributed by atoms with Gasteiger partial charge in [-0.2, -0.15) is 8.42 Å². The minimum absolute atomic E-state index is 0.0907. The third-order valence-electron chi connectivity index (χ3n) is 5.01. The predicted octanol–water partition coefficient (Wildman–Crippen LogP) is 5.76. The van der Waals surface area contributed by atoms with Crippen LogP contribution in [0.2, 0.25) is 10.0 Å². The monoisotopic (exact) mass is 448 g/mol. The van der Waals surface area contributed by atoms with E-state index >= 15 is 0 Å². The Morgan fingerprint density at radius 2 is 1.83 bits per heavy atom. The van der Waals surface area contributed by atoms with Crippen LogP contribution in [0.1, 0.15) is 16.7 Å². The van der Waals surface area contributed by atoms with Crippen molar-refractivity contribution < 1.29 is 17.7 Å². The minimum atomic E-state index is -4.32. The summed E-state index contributed by atoms with van der Waals surface area (Å²) in [7, 11) is -4.32. The van der Waals surface area contributed by atoms with Gasteiger partial charge in [-0.1, -0.05) is 65.2 Å². The Morgan fingerprint density at radius 3 is 2.55 bits per heavy atom. The molecule has 0 bridgehead atoms. The maximum Gasteiger partial charge on any atom is 0.294 e. The molecule has 3 aromatic rings. The van der Waals surface area contributed by atoms with E-state index in [1.165, 1.54) is 6.07 Å². The number of halogens is 2. The number of ether oxygens (including phenoxy) is 1. The van der Waals surface area contributed by atoms with Crippen LogP contribution in [0.4, 0.5) is 0 Å². The molecule has 0 saturated carbocycles. The van der Waals surface area contributed by atoms with Crippen LogP contribution in [0.15, 0.2) is 59.5 Å². The van der Waals surface area contributed by atoms with Crippen molar-refractivity contribution >= 4 is 33.3 Å². The molecular weight excluding hydrogens is 431 g/mol. The van der Waals surface area contributed by atoms with Crippen LogP contribution in [0.3, 0.4) is 0 Å². The molecule has 1 atom stereocenters. The van der Waals surface area contributed by atoms with Gasteiger partial charge in [0, 0.05) is 29.0 Å². The largest absolute Gasteiger partial charge is 0.489 e. The van der Waals surface area contributed by atoms with Crippen LogP contribution in [0, 0.1) is 6.92 Å². The summed E-state index contributed by atoms with van der Waals surface area (Å²) in [5.41, 5.74) is 3.93. The van der Waals surface area contributed by atoms with E-state index in [1.54, 1.807) is 18.2 Å². The number of rotatable bonds is 4. The fourth-order valence-corrected chi connectivity index (χ4v) is 4.94. The van der Waals surface area contributed by atoms with Crippen molar-refractivity contribution in [3.05, 3.63) is 81.3 Å². The summed E-state index contributed by atoms with van der Waals surface area (Å²) in [6.45, 7) is 1.87. The molecule has 0 aliphatic carbocycles. The van der Waals surface area contributed by atoms with Crippen LogP contribution in [-0.2, 0) is 23.0 Å². The number of aryl methyl sites for hydroxylation is 1. The number of hydrogen-bond donors (Lipinski definition) is 1. The first kappa shape index (κ1) is 20.2. The lowest BCUT2D eigenvalue weighted by Gasteiger charge is -2.16. The Morgan fingerprint density at radius 1 is 1.07 bits per heavy atom. The Hall–Kier alpha value is -2.05. The fraction of sp³-hybridized carbons (Fsp3) is 0.182. The van der Waals surface area contributed by atoms with E-state index in [0.29, 0.717) is 34.2 Å². The van der Waals surface area contributed by atoms with Crippen molar-refractivity contribution in [1.29, 1.82) is 0 Å². The van der Waals surface area contributed by atoms with Crippen molar-refractivity contribution in [2.24, 2.45) is 0 Å². The molecule has 0 spiro atoms. The van der Waals surface area contributed by atoms with E-state index in [2.05, 4.69) is 0 Å². The number of benzene rings is 3. The lowest BCUT2D eigenvalue weighted by atomic mass is 9.98. The van der Waals surface area contributed by atoms with Crippen molar-refractivity contribution in [1.82, 2.24) is 0 Å². The van der Waals surface area contributed by atoms with Gasteiger partial charge in [0.25, 0.3) is 10.1 Å². The van der Waals surface area contributed by atoms with Crippen LogP contribution >= 0.6 is 23.2 Å². The molecule has 4 rings (SSSR count). The fourth-order valence-electron chi connectivity index (χ4n) is 3.74. The first-order valence-corrected chi connectivity index (χ1v) is 11.2. The van der Waals surface area contributed by atoms with Crippen LogP contribution in [-0.4, -0.2) is 19.1 Å². The molecule has 29 heavy (non-hydrogen) atoms. The van der Waals surface area contributed by atoms with Crippen LogP contribution < -0.4 is 4.74 Å². The van der Waals surface area contributed by atoms with Crippen molar-refractivity contribution in [2.45, 2.75) is 30.8 Å². The standard InChI is InChI=1S/C22H18Cl2O4S/c1-13-6-9-20(29(25,26)27)15(10-13)12-16-11-14-7-8-19(24)21(22(14)28-16)17-4-2-3-5-18(17)23/h2-10,16H,11-12H2,1H3,(H,25,26,27). The average Bonchev–Trinajstić information content (AvgIpc) is 3.04. The Labute approximate surface area is 179 Å². The van der Waals surface area contributed by atoms with Crippen LogP contribution in [0.25, 0.3) is 11.1 Å². The molecule has 0 radical (unpaired) electrons. The van der Waals surface area contributed by atoms with E-state index in [0.717, 1.165) is 22.3 Å². The summed E-state index contributed by atoms with van der Waals surface area (Å²) < 4.78 is 39.3. The van der Waals surface area contributed by atoms with Gasteiger partial charge < -0.3 is 4.74 Å². The zero-order valence-electron chi connectivity index (χ0n) is 15.5. The zero-order valence-corrected chi connectivity index (χ0v) is 17.9. The second-order valence-corrected chi connectivity index (χ2v) is 9.33. The molecule has 1 aliphatic rings. The average molecular weight is 449 g/mol. The molecule has 4 nitrogen and oxygen atoms in total. The lowest BCUT2D eigenvalue weighted by molar-refractivity contribution is 0.233. The SMILES string of the molecule is Cc1ccc(S(=O)(=O)O)c(CC2Cc3ccc(Cl)c(-c4ccccc4Cl)c3O2)c1. The molecule has 0 saturated heterocycles. The van der Waals surface area contributed by atoms with Gasteiger partial charge in [-0.3, -0.25) is 4.55 Å². The highest BCUT2D eigenvalue weighted by Gasteiger charge is 2.29. The highest BCUT2D eigenvalue weighted by atomic mass is 35.5. The normalized spacial score (nSPS) is 15.8. The molecule has 3 aromatic carbocycles. The number of fused-ring (bicyclic) bond motifs is 1. The van der Waals surface area contributed by atoms with E-state index < -0.39 is 10.1 Å². The van der Waals surface area contributed by atoms with Crippen LogP contribution in [0.5, 0.6) is 5.75 Å². The zero-order chi connectivity index (χ0) is 20.8. The quantitative estimate of drug-likeness (QED) is 0.515. The predicted molar refractivity (Wildman–Crippen MR) is 115 cm³/mol. The summed E-state index contributed by atoms with van der Waals surface area (Å²) in [4.78, 5) is -0.0907. The molecule has 1 unspecified atom stereocenters. The summed E-state index contributed by atoms with van der Waals surface area (Å²) in [5, 5.41) is 1.11. The molecule has 1 heterocycles. The van der Waals surface area contributed by atoms with Gasteiger partial charge in [-0.25, -0.2) is 0 Å². The Bertz CT molecular complexity index is 1210.